The first-order valence-corrected chi connectivity index (χ1v) is 21.0. The van der Waals surface area contributed by atoms with E-state index in [0.29, 0.717) is 11.8 Å². The van der Waals surface area contributed by atoms with Crippen LogP contribution in [0.4, 0.5) is 17.1 Å². The Labute approximate surface area is 357 Å². The van der Waals surface area contributed by atoms with Gasteiger partial charge in [-0.2, -0.15) is 0 Å². The summed E-state index contributed by atoms with van der Waals surface area (Å²) in [5, 5.41) is 0. The Kier molecular flexibility index (Phi) is 7.45. The molecule has 62 heavy (non-hydrogen) atoms. The Morgan fingerprint density at radius 1 is 0.355 bits per heavy atom. The number of hydrogen-bond acceptors (Lipinski definition) is 5. The quantitative estimate of drug-likeness (QED) is 0.174. The summed E-state index contributed by atoms with van der Waals surface area (Å²) >= 11 is 0. The van der Waals surface area contributed by atoms with Crippen molar-refractivity contribution in [2.24, 2.45) is 0 Å². The van der Waals surface area contributed by atoms with Crippen LogP contribution in [0.25, 0.3) is 78.5 Å². The SMILES string of the molecule is c1ccc(N2c3ccccc3C3(c4ccccc4-c4c(-c5ccc(-c6cc(-c7nc8ccccc8o7)cc(-c7nc8ccccc8o7)c6)cc5)cccc43)c3ccccc32)cc1. The van der Waals surface area contributed by atoms with Crippen LogP contribution in [-0.2, 0) is 5.41 Å². The molecule has 290 valence electrons. The lowest BCUT2D eigenvalue weighted by molar-refractivity contribution is 0.617. The Hall–Kier alpha value is -8.28. The van der Waals surface area contributed by atoms with Gasteiger partial charge in [0.25, 0.3) is 0 Å². The van der Waals surface area contributed by atoms with Gasteiger partial charge in [0, 0.05) is 16.8 Å². The molecule has 0 atom stereocenters. The molecular weight excluding hydrogens is 759 g/mol. The summed E-state index contributed by atoms with van der Waals surface area (Å²) in [6.45, 7) is 0. The molecule has 2 aromatic heterocycles. The monoisotopic (exact) mass is 793 g/mol. The summed E-state index contributed by atoms with van der Waals surface area (Å²) in [7, 11) is 0. The number of para-hydroxylation sites is 7. The molecule has 1 aliphatic carbocycles. The lowest BCUT2D eigenvalue weighted by atomic mass is 9.64. The molecule has 0 saturated carbocycles. The van der Waals surface area contributed by atoms with E-state index >= 15 is 0 Å². The molecule has 5 nitrogen and oxygen atoms in total. The summed E-state index contributed by atoms with van der Waals surface area (Å²) in [5.41, 5.74) is 19.9. The summed E-state index contributed by atoms with van der Waals surface area (Å²) in [6, 6.07) is 75.5. The molecule has 1 aliphatic heterocycles. The smallest absolute Gasteiger partial charge is 0.227 e. The molecule has 3 heterocycles. The molecule has 0 radical (unpaired) electrons. The Morgan fingerprint density at radius 3 is 1.47 bits per heavy atom. The van der Waals surface area contributed by atoms with Crippen molar-refractivity contribution >= 4 is 39.3 Å². The molecule has 5 heteroatoms. The first kappa shape index (κ1) is 34.6. The average molecular weight is 794 g/mol. The molecule has 1 spiro atoms. The second-order valence-corrected chi connectivity index (χ2v) is 16.1. The van der Waals surface area contributed by atoms with Crippen LogP contribution in [0.5, 0.6) is 0 Å². The van der Waals surface area contributed by atoms with Crippen LogP contribution < -0.4 is 4.90 Å². The highest BCUT2D eigenvalue weighted by atomic mass is 16.4. The molecule has 0 unspecified atom stereocenters. The van der Waals surface area contributed by atoms with E-state index in [9.17, 15) is 0 Å². The fourth-order valence-electron chi connectivity index (χ4n) is 10.1. The maximum atomic E-state index is 6.30. The zero-order chi connectivity index (χ0) is 40.8. The molecule has 0 fully saturated rings. The second-order valence-electron chi connectivity index (χ2n) is 16.1. The standard InChI is InChI=1S/C57H35N3O2/c1-2-15-41(16-3-1)60-50-25-10-6-20-45(50)57(46-21-7-11-26-51(46)60)44-19-5-4-17-43(44)54-42(18-14-22-47(54)57)37-31-29-36(30-32-37)38-33-39(55-58-48-23-8-12-27-52(48)61-55)35-40(34-38)56-59-49-24-9-13-28-53(49)62-56/h1-35H. The normalized spacial score (nSPS) is 13.3. The third kappa shape index (κ3) is 5.02. The molecule has 9 aromatic carbocycles. The maximum Gasteiger partial charge on any atom is 0.227 e. The molecule has 0 bridgehead atoms. The zero-order valence-corrected chi connectivity index (χ0v) is 33.4. The van der Waals surface area contributed by atoms with Gasteiger partial charge in [-0.05, 0) is 122 Å². The summed E-state index contributed by atoms with van der Waals surface area (Å²) in [4.78, 5) is 12.2. The predicted octanol–water partition coefficient (Wildman–Crippen LogP) is 14.8. The molecule has 0 N–H and O–H groups in total. The van der Waals surface area contributed by atoms with Crippen LogP contribution in [0.2, 0.25) is 0 Å². The Balaban J connectivity index is 0.969. The number of rotatable bonds is 5. The van der Waals surface area contributed by atoms with Gasteiger partial charge in [-0.15, -0.1) is 0 Å². The zero-order valence-electron chi connectivity index (χ0n) is 33.4. The van der Waals surface area contributed by atoms with Crippen LogP contribution in [0.3, 0.4) is 0 Å². The molecular formula is C57H35N3O2. The van der Waals surface area contributed by atoms with Gasteiger partial charge in [0.05, 0.1) is 16.8 Å². The number of aromatic nitrogens is 2. The summed E-state index contributed by atoms with van der Waals surface area (Å²) < 4.78 is 12.6. The van der Waals surface area contributed by atoms with E-state index in [0.717, 1.165) is 55.7 Å². The van der Waals surface area contributed by atoms with Crippen molar-refractivity contribution in [2.75, 3.05) is 4.90 Å². The summed E-state index contributed by atoms with van der Waals surface area (Å²) in [5.74, 6) is 1.10. The van der Waals surface area contributed by atoms with Gasteiger partial charge >= 0.3 is 0 Å². The molecule has 11 aromatic rings. The number of anilines is 3. The fraction of sp³-hybridized carbons (Fsp3) is 0.0175. The lowest BCUT2D eigenvalue weighted by Crippen LogP contribution is -2.36. The van der Waals surface area contributed by atoms with E-state index in [-0.39, 0.29) is 0 Å². The minimum atomic E-state index is -0.521. The number of benzene rings is 9. The van der Waals surface area contributed by atoms with E-state index in [1.165, 1.54) is 50.3 Å². The van der Waals surface area contributed by atoms with Crippen LogP contribution >= 0.6 is 0 Å². The Morgan fingerprint density at radius 2 is 0.839 bits per heavy atom. The molecule has 0 saturated heterocycles. The highest BCUT2D eigenvalue weighted by molar-refractivity contribution is 6.00. The van der Waals surface area contributed by atoms with Crippen molar-refractivity contribution < 1.29 is 8.83 Å². The first-order chi connectivity index (χ1) is 30.7. The van der Waals surface area contributed by atoms with E-state index in [2.05, 4.69) is 169 Å². The Bertz CT molecular complexity index is 3340. The third-order valence-corrected chi connectivity index (χ3v) is 12.7. The van der Waals surface area contributed by atoms with Crippen molar-refractivity contribution in [3.8, 4) is 56.3 Å². The maximum absolute atomic E-state index is 6.30. The van der Waals surface area contributed by atoms with Gasteiger partial charge in [0.1, 0.15) is 11.0 Å². The van der Waals surface area contributed by atoms with E-state index in [4.69, 9.17) is 18.8 Å². The van der Waals surface area contributed by atoms with Crippen LogP contribution in [-0.4, -0.2) is 9.97 Å². The number of nitrogens with zero attached hydrogens (tertiary/aromatic N) is 3. The van der Waals surface area contributed by atoms with Gasteiger partial charge in [0.2, 0.25) is 11.8 Å². The van der Waals surface area contributed by atoms with Crippen LogP contribution in [0.15, 0.2) is 221 Å². The lowest BCUT2D eigenvalue weighted by Gasteiger charge is -2.45. The molecule has 13 rings (SSSR count). The minimum absolute atomic E-state index is 0.521. The van der Waals surface area contributed by atoms with Crippen molar-refractivity contribution in [3.05, 3.63) is 235 Å². The van der Waals surface area contributed by atoms with Crippen molar-refractivity contribution in [3.63, 3.8) is 0 Å². The number of fused-ring (bicyclic) bond motifs is 11. The van der Waals surface area contributed by atoms with Gasteiger partial charge in [0.15, 0.2) is 11.2 Å². The van der Waals surface area contributed by atoms with Crippen molar-refractivity contribution in [1.29, 1.82) is 0 Å². The highest BCUT2D eigenvalue weighted by Gasteiger charge is 2.52. The average Bonchev–Trinajstić information content (AvgIpc) is 4.06. The van der Waals surface area contributed by atoms with Gasteiger partial charge < -0.3 is 13.7 Å². The molecule has 2 aliphatic rings. The largest absolute Gasteiger partial charge is 0.436 e. The number of oxazole rings is 2. The van der Waals surface area contributed by atoms with Gasteiger partial charge in [-0.3, -0.25) is 0 Å². The minimum Gasteiger partial charge on any atom is -0.436 e. The first-order valence-electron chi connectivity index (χ1n) is 21.0. The van der Waals surface area contributed by atoms with Crippen LogP contribution in [0.1, 0.15) is 22.3 Å². The second kappa shape index (κ2) is 13.4. The summed E-state index contributed by atoms with van der Waals surface area (Å²) in [6.07, 6.45) is 0. The van der Waals surface area contributed by atoms with Crippen LogP contribution in [0, 0.1) is 0 Å². The van der Waals surface area contributed by atoms with E-state index in [1.54, 1.807) is 0 Å². The van der Waals surface area contributed by atoms with E-state index < -0.39 is 5.41 Å². The highest BCUT2D eigenvalue weighted by Crippen LogP contribution is 2.64. The van der Waals surface area contributed by atoms with Gasteiger partial charge in [-0.1, -0.05) is 146 Å². The molecule has 0 amide bonds. The van der Waals surface area contributed by atoms with Crippen molar-refractivity contribution in [1.82, 2.24) is 9.97 Å². The third-order valence-electron chi connectivity index (χ3n) is 12.7. The van der Waals surface area contributed by atoms with E-state index in [1.807, 2.05) is 48.5 Å². The topological polar surface area (TPSA) is 55.3 Å². The number of hydrogen-bond donors (Lipinski definition) is 0. The predicted molar refractivity (Wildman–Crippen MR) is 249 cm³/mol. The van der Waals surface area contributed by atoms with Crippen molar-refractivity contribution in [2.45, 2.75) is 5.41 Å². The van der Waals surface area contributed by atoms with Gasteiger partial charge in [-0.25, -0.2) is 9.97 Å². The fourth-order valence-corrected chi connectivity index (χ4v) is 10.1.